The highest BCUT2D eigenvalue weighted by Gasteiger charge is 2.48. The highest BCUT2D eigenvalue weighted by molar-refractivity contribution is 9.10. The van der Waals surface area contributed by atoms with E-state index in [1.807, 2.05) is 5.38 Å². The van der Waals surface area contributed by atoms with E-state index in [0.29, 0.717) is 17.0 Å². The van der Waals surface area contributed by atoms with Crippen molar-refractivity contribution < 1.29 is 27.5 Å². The van der Waals surface area contributed by atoms with Crippen LogP contribution in [0.2, 0.25) is 0 Å². The van der Waals surface area contributed by atoms with Gasteiger partial charge in [-0.1, -0.05) is 6.07 Å². The zero-order valence-electron chi connectivity index (χ0n) is 19.9. The molecule has 0 radical (unpaired) electrons. The predicted octanol–water partition coefficient (Wildman–Crippen LogP) is 7.13. The number of alkyl halides is 3. The van der Waals surface area contributed by atoms with Crippen LogP contribution >= 0.6 is 38.6 Å². The highest BCUT2D eigenvalue weighted by atomic mass is 79.9. The molecule has 1 aliphatic heterocycles. The van der Waals surface area contributed by atoms with Crippen LogP contribution in [-0.4, -0.2) is 33.9 Å². The number of anilines is 2. The smallest absolute Gasteiger partial charge is 0.410 e. The number of rotatable bonds is 5. The Hall–Kier alpha value is -2.38. The zero-order valence-corrected chi connectivity index (χ0v) is 23.2. The summed E-state index contributed by atoms with van der Waals surface area (Å²) in [5, 5.41) is 12.1. The number of ether oxygens (including phenoxy) is 1. The summed E-state index contributed by atoms with van der Waals surface area (Å²) in [5.74, 6) is -1.14. The Balaban J connectivity index is 1.49. The fraction of sp³-hybridized carbons (Fsp3) is 0.458. The minimum atomic E-state index is -4.56. The molecule has 3 aromatic rings. The summed E-state index contributed by atoms with van der Waals surface area (Å²) in [6.07, 6.45) is -1.76. The first-order valence-electron chi connectivity index (χ1n) is 11.9. The summed E-state index contributed by atoms with van der Waals surface area (Å²) in [5.41, 5.74) is 1.00. The van der Waals surface area contributed by atoms with Gasteiger partial charge < -0.3 is 15.4 Å². The van der Waals surface area contributed by atoms with E-state index in [2.05, 4.69) is 31.7 Å². The molecule has 1 aliphatic carbocycles. The lowest BCUT2D eigenvalue weighted by atomic mass is 9.95. The predicted molar refractivity (Wildman–Crippen MR) is 140 cm³/mol. The number of carbonyl (C=O) groups excluding carboxylic acids is 2. The molecule has 3 aromatic heterocycles. The molecule has 2 N–H and O–H groups in total. The maximum Gasteiger partial charge on any atom is 0.410 e. The number of aryl methyl sites for hydroxylation is 1. The van der Waals surface area contributed by atoms with Crippen molar-refractivity contribution in [3.8, 4) is 0 Å². The molecule has 198 valence electrons. The summed E-state index contributed by atoms with van der Waals surface area (Å²) >= 11 is 5.98. The number of nitrogens with zero attached hydrogens (tertiary/aromatic N) is 2. The number of carbonyl (C=O) groups is 2. The van der Waals surface area contributed by atoms with E-state index in [-0.39, 0.29) is 28.5 Å². The van der Waals surface area contributed by atoms with Gasteiger partial charge in [-0.2, -0.15) is 18.3 Å². The summed E-state index contributed by atoms with van der Waals surface area (Å²) < 4.78 is 48.5. The Labute approximate surface area is 227 Å². The van der Waals surface area contributed by atoms with Gasteiger partial charge in [-0.25, -0.2) is 9.48 Å². The van der Waals surface area contributed by atoms with Crippen LogP contribution in [0.15, 0.2) is 22.0 Å². The van der Waals surface area contributed by atoms with Gasteiger partial charge >= 0.3 is 12.1 Å². The molecule has 0 saturated carbocycles. The Bertz CT molecular complexity index is 1330. The van der Waals surface area contributed by atoms with Gasteiger partial charge in [0.25, 0.3) is 5.91 Å². The van der Waals surface area contributed by atoms with Crippen molar-refractivity contribution in [3.63, 3.8) is 0 Å². The second-order valence-corrected chi connectivity index (χ2v) is 12.2. The Morgan fingerprint density at radius 3 is 2.73 bits per heavy atom. The lowest BCUT2D eigenvalue weighted by Gasteiger charge is -2.33. The minimum Gasteiger partial charge on any atom is -0.459 e. The largest absolute Gasteiger partial charge is 0.459 e. The van der Waals surface area contributed by atoms with Crippen molar-refractivity contribution in [2.45, 2.75) is 70.3 Å². The Morgan fingerprint density at radius 1 is 1.30 bits per heavy atom. The molecule has 13 heteroatoms. The number of fused-ring (bicyclic) bond motifs is 2. The van der Waals surface area contributed by atoms with E-state index >= 15 is 0 Å². The second-order valence-electron chi connectivity index (χ2n) is 9.28. The average molecular weight is 618 g/mol. The van der Waals surface area contributed by atoms with E-state index in [1.165, 1.54) is 22.7 Å². The molecule has 0 bridgehead atoms. The maximum atomic E-state index is 14.1. The van der Waals surface area contributed by atoms with Crippen molar-refractivity contribution >= 4 is 61.3 Å². The van der Waals surface area contributed by atoms with Gasteiger partial charge in [-0.05, 0) is 72.5 Å². The number of esters is 1. The summed E-state index contributed by atoms with van der Waals surface area (Å²) in [6.45, 7) is 3.49. The van der Waals surface area contributed by atoms with Crippen molar-refractivity contribution in [2.24, 2.45) is 0 Å². The van der Waals surface area contributed by atoms with Gasteiger partial charge in [0.05, 0.1) is 22.2 Å². The molecule has 0 aromatic carbocycles. The lowest BCUT2D eigenvalue weighted by Crippen LogP contribution is -2.35. The maximum absolute atomic E-state index is 14.1. The first-order chi connectivity index (χ1) is 17.5. The number of thiophene rings is 2. The van der Waals surface area contributed by atoms with Crippen molar-refractivity contribution in [1.82, 2.24) is 9.78 Å². The van der Waals surface area contributed by atoms with Crippen LogP contribution in [0.1, 0.15) is 81.4 Å². The van der Waals surface area contributed by atoms with Gasteiger partial charge in [-0.3, -0.25) is 4.79 Å². The third kappa shape index (κ3) is 5.05. The molecule has 0 saturated heterocycles. The van der Waals surface area contributed by atoms with Crippen LogP contribution in [0.25, 0.3) is 0 Å². The number of aromatic nitrogens is 2. The average Bonchev–Trinajstić information content (AvgIpc) is 3.55. The fourth-order valence-corrected chi connectivity index (χ4v) is 7.33. The minimum absolute atomic E-state index is 0.0852. The third-order valence-corrected chi connectivity index (χ3v) is 9.29. The van der Waals surface area contributed by atoms with Crippen LogP contribution in [0.3, 0.4) is 0 Å². The van der Waals surface area contributed by atoms with Crippen LogP contribution in [-0.2, 0) is 17.6 Å². The quantitative estimate of drug-likeness (QED) is 0.298. The molecule has 7 nitrogen and oxygen atoms in total. The van der Waals surface area contributed by atoms with Crippen LogP contribution in [0.4, 0.5) is 24.0 Å². The van der Waals surface area contributed by atoms with Gasteiger partial charge in [0.2, 0.25) is 0 Å². The van der Waals surface area contributed by atoms with E-state index in [0.717, 1.165) is 39.3 Å². The number of halogens is 4. The Morgan fingerprint density at radius 2 is 2.05 bits per heavy atom. The molecule has 0 fully saturated rings. The number of nitrogens with one attached hydrogen (secondary N) is 2. The zero-order chi connectivity index (χ0) is 26.5. The van der Waals surface area contributed by atoms with Crippen LogP contribution < -0.4 is 10.6 Å². The summed E-state index contributed by atoms with van der Waals surface area (Å²) in [7, 11) is 0. The molecule has 4 heterocycles. The van der Waals surface area contributed by atoms with Gasteiger partial charge in [0.15, 0.2) is 11.7 Å². The molecule has 5 rings (SSSR count). The van der Waals surface area contributed by atoms with E-state index < -0.39 is 30.1 Å². The number of hydrogen-bond donors (Lipinski definition) is 2. The normalized spacial score (nSPS) is 19.2. The van der Waals surface area contributed by atoms with E-state index in [4.69, 9.17) is 4.74 Å². The van der Waals surface area contributed by atoms with E-state index in [1.54, 1.807) is 26.0 Å². The molecule has 2 aliphatic rings. The van der Waals surface area contributed by atoms with Crippen molar-refractivity contribution in [3.05, 3.63) is 48.6 Å². The lowest BCUT2D eigenvalue weighted by molar-refractivity contribution is -0.173. The van der Waals surface area contributed by atoms with Crippen molar-refractivity contribution in [2.75, 3.05) is 10.6 Å². The molecule has 1 amide bonds. The van der Waals surface area contributed by atoms with Crippen LogP contribution in [0, 0.1) is 0 Å². The van der Waals surface area contributed by atoms with Gasteiger partial charge in [0.1, 0.15) is 10.8 Å². The number of amides is 1. The first-order valence-corrected chi connectivity index (χ1v) is 14.3. The second kappa shape index (κ2) is 10.1. The summed E-state index contributed by atoms with van der Waals surface area (Å²) in [4.78, 5) is 28.1. The SMILES string of the molecule is CC(C)OC(=O)c1c(NC(=O)c2nn3c(c2Br)N[C@H](c2cccs2)C[C@@H]3C(F)(F)F)sc2c1CCCC2. The van der Waals surface area contributed by atoms with Gasteiger partial charge in [-0.15, -0.1) is 22.7 Å². The Kier molecular flexibility index (Phi) is 7.14. The monoisotopic (exact) mass is 616 g/mol. The molecule has 0 unspecified atom stereocenters. The van der Waals surface area contributed by atoms with Crippen molar-refractivity contribution in [1.29, 1.82) is 0 Å². The standard InChI is InChI=1S/C24H24BrF3N4O3S2/c1-11(2)35-23(34)17-12-6-3-4-7-14(12)37-22(17)30-21(33)19-18(25)20-29-13(15-8-5-9-36-15)10-16(24(26,27)28)32(20)31-19/h5,8-9,11,13,16,29H,3-4,6-7,10H2,1-2H3,(H,30,33)/t13-,16+/m0/s1. The molecule has 2 atom stereocenters. The number of hydrogen-bond acceptors (Lipinski definition) is 7. The van der Waals surface area contributed by atoms with Gasteiger partial charge in [0, 0.05) is 16.2 Å². The molecule has 0 spiro atoms. The highest BCUT2D eigenvalue weighted by Crippen LogP contribution is 2.47. The molecular formula is C24H24BrF3N4O3S2. The fourth-order valence-electron chi connectivity index (χ4n) is 4.72. The molecule has 37 heavy (non-hydrogen) atoms. The topological polar surface area (TPSA) is 85.2 Å². The van der Waals surface area contributed by atoms with E-state index in [9.17, 15) is 22.8 Å². The molecular weight excluding hydrogens is 593 g/mol. The summed E-state index contributed by atoms with van der Waals surface area (Å²) in [6, 6.07) is 1.08. The third-order valence-electron chi connectivity index (χ3n) is 6.34. The first kappa shape index (κ1) is 26.2. The van der Waals surface area contributed by atoms with Crippen LogP contribution in [0.5, 0.6) is 0 Å².